The van der Waals surface area contributed by atoms with E-state index in [4.69, 9.17) is 19.9 Å². The molecule has 0 fully saturated rings. The average Bonchev–Trinajstić information content (AvgIpc) is 3.16. The van der Waals surface area contributed by atoms with Crippen molar-refractivity contribution in [1.82, 2.24) is 0 Å². The van der Waals surface area contributed by atoms with Crippen molar-refractivity contribution in [3.63, 3.8) is 0 Å². The second-order valence-electron chi connectivity index (χ2n) is 6.98. The first-order valence-electron chi connectivity index (χ1n) is 9.33. The zero-order chi connectivity index (χ0) is 19.1. The Morgan fingerprint density at radius 3 is 1.68 bits per heavy atom. The maximum absolute atomic E-state index is 6.59. The zero-order valence-electron chi connectivity index (χ0n) is 15.1. The van der Waals surface area contributed by atoms with Crippen molar-refractivity contribution in [2.24, 2.45) is 0 Å². The fraction of sp³-hybridized carbons (Fsp3) is 0.0833. The van der Waals surface area contributed by atoms with Crippen molar-refractivity contribution in [1.29, 1.82) is 0 Å². The molecule has 4 heteroatoms. The van der Waals surface area contributed by atoms with E-state index in [1.54, 1.807) is 0 Å². The molecule has 1 aliphatic rings. The number of aryl methyl sites for hydroxylation is 2. The summed E-state index contributed by atoms with van der Waals surface area (Å²) in [5.74, 6) is 0. The van der Waals surface area contributed by atoms with Gasteiger partial charge in [-0.1, -0.05) is 0 Å². The molecule has 5 rings (SSSR count). The van der Waals surface area contributed by atoms with Crippen molar-refractivity contribution < 1.29 is 0 Å². The van der Waals surface area contributed by atoms with Gasteiger partial charge in [-0.3, -0.25) is 0 Å². The Morgan fingerprint density at radius 2 is 1.14 bits per heavy atom. The van der Waals surface area contributed by atoms with Gasteiger partial charge in [-0.05, 0) is 0 Å². The molecule has 0 saturated heterocycles. The van der Waals surface area contributed by atoms with Crippen LogP contribution in [0.5, 0.6) is 0 Å². The van der Waals surface area contributed by atoms with Crippen LogP contribution in [0.15, 0.2) is 84.9 Å². The van der Waals surface area contributed by atoms with Crippen molar-refractivity contribution in [3.8, 4) is 0 Å². The van der Waals surface area contributed by atoms with Crippen LogP contribution in [0.2, 0.25) is 0 Å². The first-order chi connectivity index (χ1) is 13.7. The van der Waals surface area contributed by atoms with Crippen molar-refractivity contribution in [3.05, 3.63) is 96.1 Å². The van der Waals surface area contributed by atoms with Gasteiger partial charge < -0.3 is 0 Å². The van der Waals surface area contributed by atoms with Crippen LogP contribution in [0.3, 0.4) is 0 Å². The summed E-state index contributed by atoms with van der Waals surface area (Å²) in [6, 6.07) is 30.8. The number of halogens is 2. The predicted octanol–water partition coefficient (Wildman–Crippen LogP) is 4.87. The Bertz CT molecular complexity index is 1090. The van der Waals surface area contributed by atoms with E-state index >= 15 is 0 Å². The van der Waals surface area contributed by atoms with E-state index in [-0.39, 0.29) is 0 Å². The molecule has 0 atom stereocenters. The second-order valence-corrected chi connectivity index (χ2v) is 15.6. The van der Waals surface area contributed by atoms with E-state index in [2.05, 4.69) is 84.9 Å². The molecule has 0 aromatic heterocycles. The fourth-order valence-corrected chi connectivity index (χ4v) is 9.57. The fourth-order valence-electron chi connectivity index (χ4n) is 4.20. The molecule has 0 aliphatic heterocycles. The summed E-state index contributed by atoms with van der Waals surface area (Å²) in [6.07, 6.45) is 2.23. The van der Waals surface area contributed by atoms with Crippen LogP contribution >= 0.6 is 27.8 Å². The predicted molar refractivity (Wildman–Crippen MR) is 127 cm³/mol. The van der Waals surface area contributed by atoms with Crippen LogP contribution in [-0.2, 0) is 12.8 Å². The number of rotatable bonds is 4. The number of hydrogen-bond donors (Lipinski definition) is 0. The van der Waals surface area contributed by atoms with Crippen LogP contribution < -0.4 is 20.3 Å². The molecule has 0 heterocycles. The molecule has 0 amide bonds. The Morgan fingerprint density at radius 1 is 0.607 bits per heavy atom. The average molecular weight is 483 g/mol. The summed E-state index contributed by atoms with van der Waals surface area (Å²) in [4.78, 5) is 0. The van der Waals surface area contributed by atoms with Crippen LogP contribution in [0, 0.1) is 0 Å². The Hall–Kier alpha value is -1.29. The normalized spacial score (nSPS) is 13.0. The quantitative estimate of drug-likeness (QED) is 0.287. The minimum absolute atomic E-state index is 0.678. The molecule has 28 heavy (non-hydrogen) atoms. The van der Waals surface area contributed by atoms with Gasteiger partial charge in [0, 0.05) is 0 Å². The minimum atomic E-state index is -2.07. The molecule has 0 unspecified atom stereocenters. The second kappa shape index (κ2) is 7.85. The molecular formula is C24H18AsCl2P. The van der Waals surface area contributed by atoms with E-state index in [9.17, 15) is 0 Å². The number of benzene rings is 4. The maximum atomic E-state index is 6.59. The van der Waals surface area contributed by atoms with E-state index in [0.717, 1.165) is 12.8 Å². The van der Waals surface area contributed by atoms with E-state index in [0.29, 0.717) is 0 Å². The molecule has 4 aromatic carbocycles. The molecule has 4 aromatic rings. The summed E-state index contributed by atoms with van der Waals surface area (Å²) in [6.45, 7) is 0. The van der Waals surface area contributed by atoms with Crippen molar-refractivity contribution >= 4 is 71.6 Å². The standard InChI is InChI=1S/C24H18AsCl2P/c26-25(27)21-15-13-17-11-12-18-14-16-22(24(21)23(17)18)28(19-7-3-1-4-8-19)20-9-5-2-6-10-20/h1-10,13-16H,11-12H2. The Kier molecular flexibility index (Phi) is 5.25. The number of hydrogen-bond acceptors (Lipinski definition) is 0. The van der Waals surface area contributed by atoms with E-state index in [1.807, 2.05) is 0 Å². The third-order valence-corrected chi connectivity index (χ3v) is 11.3. The van der Waals surface area contributed by atoms with E-state index in [1.165, 1.54) is 42.2 Å². The van der Waals surface area contributed by atoms with Gasteiger partial charge in [-0.25, -0.2) is 0 Å². The Labute approximate surface area is 179 Å². The zero-order valence-corrected chi connectivity index (χ0v) is 19.4. The van der Waals surface area contributed by atoms with Gasteiger partial charge in [-0.2, -0.15) is 0 Å². The van der Waals surface area contributed by atoms with Crippen LogP contribution in [0.4, 0.5) is 0 Å². The van der Waals surface area contributed by atoms with Crippen LogP contribution in [0.25, 0.3) is 10.8 Å². The molecule has 1 aliphatic carbocycles. The van der Waals surface area contributed by atoms with Crippen LogP contribution in [-0.4, -0.2) is 12.8 Å². The molecule has 138 valence electrons. The first-order valence-corrected chi connectivity index (χ1v) is 16.5. The van der Waals surface area contributed by atoms with Gasteiger partial charge in [0.15, 0.2) is 0 Å². The summed E-state index contributed by atoms with van der Waals surface area (Å²) < 4.78 is 1.17. The summed E-state index contributed by atoms with van der Waals surface area (Å²) in [5.41, 5.74) is 2.88. The SMILES string of the molecule is Cl[As](Cl)c1ccc2c3c(ccc(P(c4ccccc4)c4ccccc4)c13)CC2. The Balaban J connectivity index is 1.86. The van der Waals surface area contributed by atoms with Gasteiger partial charge in [-0.15, -0.1) is 0 Å². The summed E-state index contributed by atoms with van der Waals surface area (Å²) in [5, 5.41) is 6.84. The molecule has 0 nitrogen and oxygen atoms in total. The monoisotopic (exact) mass is 482 g/mol. The van der Waals surface area contributed by atoms with E-state index < -0.39 is 20.7 Å². The molecule has 0 spiro atoms. The molecule has 0 radical (unpaired) electrons. The van der Waals surface area contributed by atoms with Gasteiger partial charge in [0.1, 0.15) is 0 Å². The molecule has 0 N–H and O–H groups in total. The third kappa shape index (κ3) is 3.22. The molecule has 0 bridgehead atoms. The topological polar surface area (TPSA) is 0 Å². The van der Waals surface area contributed by atoms with Gasteiger partial charge in [0.25, 0.3) is 0 Å². The van der Waals surface area contributed by atoms with Crippen LogP contribution in [0.1, 0.15) is 11.1 Å². The summed E-state index contributed by atoms with van der Waals surface area (Å²) >= 11 is -2.07. The van der Waals surface area contributed by atoms with Gasteiger partial charge in [0.2, 0.25) is 0 Å². The molecular weight excluding hydrogens is 465 g/mol. The van der Waals surface area contributed by atoms with Crippen molar-refractivity contribution in [2.75, 3.05) is 0 Å². The molecule has 0 saturated carbocycles. The van der Waals surface area contributed by atoms with Gasteiger partial charge in [0.05, 0.1) is 0 Å². The third-order valence-electron chi connectivity index (χ3n) is 5.40. The van der Waals surface area contributed by atoms with Gasteiger partial charge >= 0.3 is 181 Å². The van der Waals surface area contributed by atoms with Crippen molar-refractivity contribution in [2.45, 2.75) is 12.8 Å². The first kappa shape index (κ1) is 18.7. The summed E-state index contributed by atoms with van der Waals surface area (Å²) in [7, 11) is 12.5.